The molecule has 1 aliphatic heterocycles. The SMILES string of the molecule is CCNC(=NCc1ccccc1CC)N1CCN(C(C)=O)CC1. The molecular weight excluding hydrogens is 288 g/mol. The molecule has 1 saturated heterocycles. The van der Waals surface area contributed by atoms with Crippen molar-refractivity contribution in [1.29, 1.82) is 0 Å². The van der Waals surface area contributed by atoms with Gasteiger partial charge in [0.2, 0.25) is 5.91 Å². The molecule has 5 nitrogen and oxygen atoms in total. The van der Waals surface area contributed by atoms with Gasteiger partial charge in [0.25, 0.3) is 0 Å². The van der Waals surface area contributed by atoms with Crippen LogP contribution in [0, 0.1) is 0 Å². The number of benzene rings is 1. The third kappa shape index (κ3) is 4.71. The number of piperazine rings is 1. The molecule has 5 heteroatoms. The molecule has 1 N–H and O–H groups in total. The van der Waals surface area contributed by atoms with Gasteiger partial charge in [-0.2, -0.15) is 0 Å². The van der Waals surface area contributed by atoms with E-state index in [1.807, 2.05) is 4.90 Å². The van der Waals surface area contributed by atoms with Crippen molar-refractivity contribution in [3.8, 4) is 0 Å². The van der Waals surface area contributed by atoms with E-state index in [2.05, 4.69) is 48.3 Å². The normalized spacial score (nSPS) is 15.7. The molecule has 0 saturated carbocycles. The van der Waals surface area contributed by atoms with Gasteiger partial charge in [-0.15, -0.1) is 0 Å². The Kier molecular flexibility index (Phi) is 6.44. The maximum Gasteiger partial charge on any atom is 0.219 e. The van der Waals surface area contributed by atoms with Crippen molar-refractivity contribution < 1.29 is 4.79 Å². The zero-order valence-corrected chi connectivity index (χ0v) is 14.5. The largest absolute Gasteiger partial charge is 0.357 e. The Morgan fingerprint density at radius 2 is 1.70 bits per heavy atom. The van der Waals surface area contributed by atoms with Crippen molar-refractivity contribution in [2.75, 3.05) is 32.7 Å². The topological polar surface area (TPSA) is 47.9 Å². The molecule has 23 heavy (non-hydrogen) atoms. The highest BCUT2D eigenvalue weighted by molar-refractivity contribution is 5.80. The van der Waals surface area contributed by atoms with Crippen LogP contribution in [0.4, 0.5) is 0 Å². The summed E-state index contributed by atoms with van der Waals surface area (Å²) in [5.74, 6) is 1.10. The van der Waals surface area contributed by atoms with Gasteiger partial charge in [-0.05, 0) is 24.5 Å². The predicted octanol–water partition coefficient (Wildman–Crippen LogP) is 1.88. The lowest BCUT2D eigenvalue weighted by molar-refractivity contribution is -0.130. The molecule has 1 heterocycles. The summed E-state index contributed by atoms with van der Waals surface area (Å²) in [7, 11) is 0. The summed E-state index contributed by atoms with van der Waals surface area (Å²) in [6.07, 6.45) is 1.03. The van der Waals surface area contributed by atoms with E-state index in [1.165, 1.54) is 11.1 Å². The molecule has 0 unspecified atom stereocenters. The quantitative estimate of drug-likeness (QED) is 0.681. The maximum absolute atomic E-state index is 11.4. The van der Waals surface area contributed by atoms with Gasteiger partial charge >= 0.3 is 0 Å². The summed E-state index contributed by atoms with van der Waals surface area (Å²) >= 11 is 0. The van der Waals surface area contributed by atoms with Gasteiger partial charge in [-0.25, -0.2) is 4.99 Å². The molecule has 126 valence electrons. The second-order valence-corrected chi connectivity index (χ2v) is 5.79. The number of guanidine groups is 1. The number of aliphatic imine (C=N–C) groups is 1. The number of nitrogens with zero attached hydrogens (tertiary/aromatic N) is 3. The fourth-order valence-corrected chi connectivity index (χ4v) is 2.88. The van der Waals surface area contributed by atoms with Crippen LogP contribution < -0.4 is 5.32 Å². The lowest BCUT2D eigenvalue weighted by atomic mass is 10.1. The molecule has 1 aromatic carbocycles. The molecule has 0 bridgehead atoms. The molecule has 1 amide bonds. The van der Waals surface area contributed by atoms with Crippen molar-refractivity contribution in [2.45, 2.75) is 33.7 Å². The third-order valence-electron chi connectivity index (χ3n) is 4.26. The molecule has 0 aliphatic carbocycles. The summed E-state index contributed by atoms with van der Waals surface area (Å²) in [5.41, 5.74) is 2.64. The van der Waals surface area contributed by atoms with Gasteiger partial charge in [0, 0.05) is 39.6 Å². The van der Waals surface area contributed by atoms with E-state index in [-0.39, 0.29) is 5.91 Å². The Labute approximate surface area is 139 Å². The fraction of sp³-hybridized carbons (Fsp3) is 0.556. The minimum atomic E-state index is 0.156. The van der Waals surface area contributed by atoms with E-state index in [0.29, 0.717) is 6.54 Å². The molecule has 2 rings (SSSR count). The molecule has 1 aromatic rings. The van der Waals surface area contributed by atoms with Crippen LogP contribution in [0.2, 0.25) is 0 Å². The first kappa shape index (κ1) is 17.3. The predicted molar refractivity (Wildman–Crippen MR) is 94.5 cm³/mol. The highest BCUT2D eigenvalue weighted by Gasteiger charge is 2.20. The molecule has 0 atom stereocenters. The first-order chi connectivity index (χ1) is 11.2. The molecular formula is C18H28N4O. The van der Waals surface area contributed by atoms with E-state index >= 15 is 0 Å². The summed E-state index contributed by atoms with van der Waals surface area (Å²) < 4.78 is 0. The van der Waals surface area contributed by atoms with Gasteiger partial charge in [0.15, 0.2) is 5.96 Å². The second kappa shape index (κ2) is 8.56. The average Bonchev–Trinajstić information content (AvgIpc) is 2.59. The minimum Gasteiger partial charge on any atom is -0.357 e. The van der Waals surface area contributed by atoms with Crippen molar-refractivity contribution >= 4 is 11.9 Å². The number of hydrogen-bond donors (Lipinski definition) is 1. The van der Waals surface area contributed by atoms with Gasteiger partial charge in [-0.1, -0.05) is 31.2 Å². The number of rotatable bonds is 4. The molecule has 0 spiro atoms. The number of carbonyl (C=O) groups excluding carboxylic acids is 1. The van der Waals surface area contributed by atoms with Crippen LogP contribution in [0.5, 0.6) is 0 Å². The van der Waals surface area contributed by atoms with Crippen molar-refractivity contribution in [3.05, 3.63) is 35.4 Å². The Morgan fingerprint density at radius 3 is 2.26 bits per heavy atom. The Balaban J connectivity index is 2.04. The van der Waals surface area contributed by atoms with Crippen LogP contribution in [0.3, 0.4) is 0 Å². The highest BCUT2D eigenvalue weighted by Crippen LogP contribution is 2.11. The first-order valence-corrected chi connectivity index (χ1v) is 8.51. The summed E-state index contributed by atoms with van der Waals surface area (Å²) in [6, 6.07) is 8.48. The summed E-state index contributed by atoms with van der Waals surface area (Å²) in [6.45, 7) is 10.6. The Morgan fingerprint density at radius 1 is 1.09 bits per heavy atom. The Hall–Kier alpha value is -2.04. The monoisotopic (exact) mass is 316 g/mol. The zero-order chi connectivity index (χ0) is 16.7. The summed E-state index contributed by atoms with van der Waals surface area (Å²) in [4.78, 5) is 20.4. The Bertz CT molecular complexity index is 548. The van der Waals surface area contributed by atoms with Gasteiger partial charge in [0.05, 0.1) is 6.54 Å². The van der Waals surface area contributed by atoms with Crippen LogP contribution in [0.15, 0.2) is 29.3 Å². The number of aryl methyl sites for hydroxylation is 1. The number of amides is 1. The number of nitrogens with one attached hydrogen (secondary N) is 1. The second-order valence-electron chi connectivity index (χ2n) is 5.79. The van der Waals surface area contributed by atoms with Crippen LogP contribution in [-0.4, -0.2) is 54.4 Å². The van der Waals surface area contributed by atoms with Crippen molar-refractivity contribution in [2.24, 2.45) is 4.99 Å². The van der Waals surface area contributed by atoms with E-state index in [1.54, 1.807) is 6.92 Å². The smallest absolute Gasteiger partial charge is 0.219 e. The van der Waals surface area contributed by atoms with Crippen LogP contribution in [0.25, 0.3) is 0 Å². The van der Waals surface area contributed by atoms with Crippen molar-refractivity contribution in [3.63, 3.8) is 0 Å². The van der Waals surface area contributed by atoms with E-state index < -0.39 is 0 Å². The first-order valence-electron chi connectivity index (χ1n) is 8.51. The lowest BCUT2D eigenvalue weighted by Gasteiger charge is -2.36. The average molecular weight is 316 g/mol. The van der Waals surface area contributed by atoms with Crippen LogP contribution >= 0.6 is 0 Å². The molecule has 0 radical (unpaired) electrons. The van der Waals surface area contributed by atoms with E-state index in [4.69, 9.17) is 4.99 Å². The maximum atomic E-state index is 11.4. The zero-order valence-electron chi connectivity index (χ0n) is 14.5. The van der Waals surface area contributed by atoms with Gasteiger partial charge in [-0.3, -0.25) is 4.79 Å². The van der Waals surface area contributed by atoms with Crippen LogP contribution in [-0.2, 0) is 17.8 Å². The van der Waals surface area contributed by atoms with E-state index in [9.17, 15) is 4.79 Å². The van der Waals surface area contributed by atoms with Crippen LogP contribution in [0.1, 0.15) is 31.9 Å². The van der Waals surface area contributed by atoms with Crippen molar-refractivity contribution in [1.82, 2.24) is 15.1 Å². The summed E-state index contributed by atoms with van der Waals surface area (Å²) in [5, 5.41) is 3.38. The standard InChI is InChI=1S/C18H28N4O/c1-4-16-8-6-7-9-17(16)14-20-18(19-5-2)22-12-10-21(11-13-22)15(3)23/h6-9H,4-5,10-14H2,1-3H3,(H,19,20). The van der Waals surface area contributed by atoms with Gasteiger partial charge < -0.3 is 15.1 Å². The minimum absolute atomic E-state index is 0.156. The number of hydrogen-bond acceptors (Lipinski definition) is 2. The lowest BCUT2D eigenvalue weighted by Crippen LogP contribution is -2.53. The van der Waals surface area contributed by atoms with Gasteiger partial charge in [0.1, 0.15) is 0 Å². The molecule has 1 aliphatic rings. The highest BCUT2D eigenvalue weighted by atomic mass is 16.2. The van der Waals surface area contributed by atoms with E-state index in [0.717, 1.165) is 45.1 Å². The molecule has 0 aromatic heterocycles. The number of carbonyl (C=O) groups is 1. The third-order valence-corrected chi connectivity index (χ3v) is 4.26. The molecule has 1 fully saturated rings. The fourth-order valence-electron chi connectivity index (χ4n) is 2.88.